The monoisotopic (exact) mass is 298 g/mol. The molecule has 0 heterocycles. The Balaban J connectivity index is 3.07. The van der Waals surface area contributed by atoms with Gasteiger partial charge >= 0.3 is 0 Å². The summed E-state index contributed by atoms with van der Waals surface area (Å²) in [5.41, 5.74) is 2.73. The fourth-order valence-corrected chi connectivity index (χ4v) is 2.46. The average Bonchev–Trinajstić information content (AvgIpc) is 2.37. The van der Waals surface area contributed by atoms with E-state index in [9.17, 15) is 0 Å². The first kappa shape index (κ1) is 14.6. The molecule has 2 unspecified atom stereocenters. The van der Waals surface area contributed by atoms with Crippen LogP contribution < -0.4 is 4.74 Å². The number of benzene rings is 1. The highest BCUT2D eigenvalue weighted by molar-refractivity contribution is 9.09. The standard InChI is InChI=1S/C15H23BrO/c1-5-13-7-8-15(17-6-2)14(9-13)12(4)11(3)10-16/h7-9,11-12H,5-6,10H2,1-4H3. The summed E-state index contributed by atoms with van der Waals surface area (Å²) in [4.78, 5) is 0. The fraction of sp³-hybridized carbons (Fsp3) is 0.600. The van der Waals surface area contributed by atoms with Gasteiger partial charge in [0.1, 0.15) is 5.75 Å². The summed E-state index contributed by atoms with van der Waals surface area (Å²) < 4.78 is 5.74. The van der Waals surface area contributed by atoms with E-state index >= 15 is 0 Å². The smallest absolute Gasteiger partial charge is 0.122 e. The largest absolute Gasteiger partial charge is 0.494 e. The van der Waals surface area contributed by atoms with Crippen LogP contribution in [0.15, 0.2) is 18.2 Å². The molecule has 0 spiro atoms. The molecule has 17 heavy (non-hydrogen) atoms. The normalized spacial score (nSPS) is 14.4. The first-order valence-corrected chi connectivity index (χ1v) is 7.57. The van der Waals surface area contributed by atoms with E-state index in [1.165, 1.54) is 11.1 Å². The Kier molecular flexibility index (Phi) is 6.04. The van der Waals surface area contributed by atoms with E-state index in [-0.39, 0.29) is 0 Å². The Morgan fingerprint density at radius 1 is 1.24 bits per heavy atom. The highest BCUT2D eigenvalue weighted by Gasteiger charge is 2.17. The molecule has 1 aromatic rings. The molecule has 0 aliphatic carbocycles. The number of rotatable bonds is 6. The molecule has 0 radical (unpaired) electrons. The van der Waals surface area contributed by atoms with Crippen molar-refractivity contribution in [1.82, 2.24) is 0 Å². The molecule has 0 fully saturated rings. The lowest BCUT2D eigenvalue weighted by Crippen LogP contribution is -2.10. The van der Waals surface area contributed by atoms with Gasteiger partial charge in [0.2, 0.25) is 0 Å². The Bertz CT molecular complexity index is 349. The summed E-state index contributed by atoms with van der Waals surface area (Å²) in [6.07, 6.45) is 1.08. The van der Waals surface area contributed by atoms with E-state index in [1.807, 2.05) is 6.92 Å². The third-order valence-corrected chi connectivity index (χ3v) is 4.39. The van der Waals surface area contributed by atoms with E-state index in [0.717, 1.165) is 24.1 Å². The molecule has 2 atom stereocenters. The maximum Gasteiger partial charge on any atom is 0.122 e. The van der Waals surface area contributed by atoms with Crippen LogP contribution in [0.25, 0.3) is 0 Å². The van der Waals surface area contributed by atoms with Crippen molar-refractivity contribution in [2.24, 2.45) is 5.92 Å². The zero-order valence-electron chi connectivity index (χ0n) is 11.3. The Hall–Kier alpha value is -0.500. The van der Waals surface area contributed by atoms with Crippen molar-refractivity contribution in [2.75, 3.05) is 11.9 Å². The van der Waals surface area contributed by atoms with Crippen LogP contribution >= 0.6 is 15.9 Å². The first-order valence-electron chi connectivity index (χ1n) is 6.45. The zero-order chi connectivity index (χ0) is 12.8. The van der Waals surface area contributed by atoms with Gasteiger partial charge in [0.25, 0.3) is 0 Å². The Morgan fingerprint density at radius 2 is 1.94 bits per heavy atom. The van der Waals surface area contributed by atoms with Gasteiger partial charge in [0, 0.05) is 5.33 Å². The summed E-state index contributed by atoms with van der Waals surface area (Å²) in [7, 11) is 0. The summed E-state index contributed by atoms with van der Waals surface area (Å²) >= 11 is 3.57. The average molecular weight is 299 g/mol. The minimum Gasteiger partial charge on any atom is -0.494 e. The molecule has 0 N–H and O–H groups in total. The molecular formula is C15H23BrO. The molecule has 2 heteroatoms. The lowest BCUT2D eigenvalue weighted by Gasteiger charge is -2.22. The SMILES string of the molecule is CCOc1ccc(CC)cc1C(C)C(C)CBr. The van der Waals surface area contributed by atoms with Gasteiger partial charge in [-0.15, -0.1) is 0 Å². The molecule has 0 saturated carbocycles. The molecule has 0 aliphatic heterocycles. The van der Waals surface area contributed by atoms with Crippen LogP contribution in [0.5, 0.6) is 5.75 Å². The minimum atomic E-state index is 0.516. The van der Waals surface area contributed by atoms with Gasteiger partial charge in [-0.3, -0.25) is 0 Å². The van der Waals surface area contributed by atoms with Crippen molar-refractivity contribution >= 4 is 15.9 Å². The number of alkyl halides is 1. The van der Waals surface area contributed by atoms with Gasteiger partial charge in [-0.05, 0) is 42.4 Å². The van der Waals surface area contributed by atoms with Gasteiger partial charge in [-0.1, -0.05) is 48.8 Å². The minimum absolute atomic E-state index is 0.516. The van der Waals surface area contributed by atoms with E-state index in [1.54, 1.807) is 0 Å². The van der Waals surface area contributed by atoms with Gasteiger partial charge in [0.05, 0.1) is 6.61 Å². The highest BCUT2D eigenvalue weighted by Crippen LogP contribution is 2.33. The van der Waals surface area contributed by atoms with Crippen molar-refractivity contribution in [2.45, 2.75) is 40.0 Å². The highest BCUT2D eigenvalue weighted by atomic mass is 79.9. The first-order chi connectivity index (χ1) is 8.13. The van der Waals surface area contributed by atoms with Crippen LogP contribution in [0, 0.1) is 5.92 Å². The second-order valence-electron chi connectivity index (χ2n) is 4.58. The van der Waals surface area contributed by atoms with Crippen LogP contribution in [0.1, 0.15) is 44.7 Å². The van der Waals surface area contributed by atoms with Gasteiger partial charge in [0.15, 0.2) is 0 Å². The molecule has 0 bridgehead atoms. The fourth-order valence-electron chi connectivity index (χ4n) is 1.90. The third-order valence-electron chi connectivity index (χ3n) is 3.37. The molecule has 1 rings (SSSR count). The predicted molar refractivity (Wildman–Crippen MR) is 78.4 cm³/mol. The summed E-state index contributed by atoms with van der Waals surface area (Å²) in [5.74, 6) is 2.17. The van der Waals surface area contributed by atoms with Crippen molar-refractivity contribution in [3.8, 4) is 5.75 Å². The van der Waals surface area contributed by atoms with Crippen LogP contribution in [0.4, 0.5) is 0 Å². The molecule has 0 saturated heterocycles. The van der Waals surface area contributed by atoms with Crippen molar-refractivity contribution in [1.29, 1.82) is 0 Å². The van der Waals surface area contributed by atoms with E-state index in [4.69, 9.17) is 4.74 Å². The van der Waals surface area contributed by atoms with Gasteiger partial charge in [-0.25, -0.2) is 0 Å². The Labute approximate surface area is 114 Å². The molecule has 0 aliphatic rings. The third kappa shape index (κ3) is 3.74. The molecular weight excluding hydrogens is 276 g/mol. The predicted octanol–water partition coefficient (Wildman–Crippen LogP) is 4.78. The van der Waals surface area contributed by atoms with E-state index in [2.05, 4.69) is 54.9 Å². The molecule has 0 amide bonds. The Morgan fingerprint density at radius 3 is 2.47 bits per heavy atom. The van der Waals surface area contributed by atoms with Crippen LogP contribution in [-0.2, 0) is 6.42 Å². The van der Waals surface area contributed by atoms with E-state index in [0.29, 0.717) is 11.8 Å². The number of aryl methyl sites for hydroxylation is 1. The lowest BCUT2D eigenvalue weighted by molar-refractivity contribution is 0.331. The quantitative estimate of drug-likeness (QED) is 0.687. The summed E-state index contributed by atoms with van der Waals surface area (Å²) in [6.45, 7) is 9.51. The maximum absolute atomic E-state index is 5.74. The van der Waals surface area contributed by atoms with Crippen LogP contribution in [-0.4, -0.2) is 11.9 Å². The number of hydrogen-bond donors (Lipinski definition) is 0. The molecule has 1 aromatic carbocycles. The number of ether oxygens (including phenoxy) is 1. The van der Waals surface area contributed by atoms with Crippen molar-refractivity contribution in [3.05, 3.63) is 29.3 Å². The second kappa shape index (κ2) is 7.05. The molecule has 0 aromatic heterocycles. The van der Waals surface area contributed by atoms with Crippen LogP contribution in [0.2, 0.25) is 0 Å². The maximum atomic E-state index is 5.74. The summed E-state index contributed by atoms with van der Waals surface area (Å²) in [6, 6.07) is 6.59. The number of halogens is 1. The molecule has 1 nitrogen and oxygen atoms in total. The topological polar surface area (TPSA) is 9.23 Å². The van der Waals surface area contributed by atoms with Gasteiger partial charge < -0.3 is 4.74 Å². The second-order valence-corrected chi connectivity index (χ2v) is 5.23. The van der Waals surface area contributed by atoms with Gasteiger partial charge in [-0.2, -0.15) is 0 Å². The van der Waals surface area contributed by atoms with Crippen molar-refractivity contribution < 1.29 is 4.74 Å². The zero-order valence-corrected chi connectivity index (χ0v) is 12.9. The summed E-state index contributed by atoms with van der Waals surface area (Å²) in [5, 5.41) is 1.02. The van der Waals surface area contributed by atoms with Crippen molar-refractivity contribution in [3.63, 3.8) is 0 Å². The lowest BCUT2D eigenvalue weighted by atomic mass is 9.88. The van der Waals surface area contributed by atoms with Crippen LogP contribution in [0.3, 0.4) is 0 Å². The molecule has 96 valence electrons. The van der Waals surface area contributed by atoms with E-state index < -0.39 is 0 Å². The number of hydrogen-bond acceptors (Lipinski definition) is 1.